The number of hydrogen-bond acceptors (Lipinski definition) is 5. The summed E-state index contributed by atoms with van der Waals surface area (Å²) in [5.74, 6) is 1.32. The Kier molecular flexibility index (Phi) is 8.06. The summed E-state index contributed by atoms with van der Waals surface area (Å²) in [6.07, 6.45) is 2.15. The molecule has 1 amide bonds. The van der Waals surface area contributed by atoms with Gasteiger partial charge in [-0.15, -0.1) is 0 Å². The number of hydrogen-bond donors (Lipinski definition) is 1. The van der Waals surface area contributed by atoms with Crippen LogP contribution in [-0.4, -0.2) is 44.7 Å². The van der Waals surface area contributed by atoms with E-state index in [1.165, 1.54) is 5.56 Å². The summed E-state index contributed by atoms with van der Waals surface area (Å²) < 4.78 is 16.7. The molecule has 0 saturated carbocycles. The summed E-state index contributed by atoms with van der Waals surface area (Å²) in [5.41, 5.74) is 1.66. The van der Waals surface area contributed by atoms with Crippen LogP contribution in [-0.2, 0) is 14.9 Å². The van der Waals surface area contributed by atoms with Gasteiger partial charge in [-0.25, -0.2) is 0 Å². The van der Waals surface area contributed by atoms with Crippen molar-refractivity contribution in [3.63, 3.8) is 0 Å². The number of Topliss-reactive ketones (excluding diaryl/α,β-unsaturated/α-hetero) is 1. The van der Waals surface area contributed by atoms with E-state index in [-0.39, 0.29) is 23.7 Å². The second-order valence-corrected chi connectivity index (χ2v) is 7.72. The normalized spacial score (nSPS) is 15.2. The van der Waals surface area contributed by atoms with Crippen LogP contribution in [0.3, 0.4) is 0 Å². The first-order valence-electron chi connectivity index (χ1n) is 10.9. The van der Waals surface area contributed by atoms with Gasteiger partial charge in [0.05, 0.1) is 6.61 Å². The van der Waals surface area contributed by atoms with Gasteiger partial charge >= 0.3 is 0 Å². The number of rotatable bonds is 10. The highest BCUT2D eigenvalue weighted by Crippen LogP contribution is 2.35. The highest BCUT2D eigenvalue weighted by Gasteiger charge is 2.35. The van der Waals surface area contributed by atoms with Crippen molar-refractivity contribution in [1.29, 1.82) is 0 Å². The molecule has 1 aliphatic rings. The van der Waals surface area contributed by atoms with Crippen molar-refractivity contribution >= 4 is 11.7 Å². The smallest absolute Gasteiger partial charge is 0.257 e. The predicted octanol–water partition coefficient (Wildman–Crippen LogP) is 3.92. The maximum atomic E-state index is 12.5. The molecular formula is C25H31NO5. The quantitative estimate of drug-likeness (QED) is 0.584. The lowest BCUT2D eigenvalue weighted by molar-refractivity contribution is -0.123. The number of carbonyl (C=O) groups excluding carboxylic acids is 2. The summed E-state index contributed by atoms with van der Waals surface area (Å²) in [4.78, 5) is 24.2. The number of ether oxygens (including phenoxy) is 3. The Hall–Kier alpha value is -2.86. The maximum absolute atomic E-state index is 12.5. The molecule has 0 unspecified atom stereocenters. The van der Waals surface area contributed by atoms with Crippen LogP contribution in [0.15, 0.2) is 48.5 Å². The molecule has 0 radical (unpaired) electrons. The molecule has 3 rings (SSSR count). The van der Waals surface area contributed by atoms with Crippen LogP contribution >= 0.6 is 0 Å². The monoisotopic (exact) mass is 425 g/mol. The lowest BCUT2D eigenvalue weighted by Gasteiger charge is -2.38. The molecule has 166 valence electrons. The van der Waals surface area contributed by atoms with E-state index in [4.69, 9.17) is 14.2 Å². The summed E-state index contributed by atoms with van der Waals surface area (Å²) in [6, 6.07) is 15.0. The zero-order chi connectivity index (χ0) is 22.1. The average molecular weight is 426 g/mol. The van der Waals surface area contributed by atoms with Crippen molar-refractivity contribution in [3.05, 3.63) is 59.7 Å². The first kappa shape index (κ1) is 22.8. The van der Waals surface area contributed by atoms with E-state index in [9.17, 15) is 9.59 Å². The van der Waals surface area contributed by atoms with E-state index in [1.807, 2.05) is 26.0 Å². The van der Waals surface area contributed by atoms with Gasteiger partial charge in [-0.3, -0.25) is 9.59 Å². The van der Waals surface area contributed by atoms with Crippen molar-refractivity contribution in [2.45, 2.75) is 38.5 Å². The standard InChI is InChI=1S/C25H31NO5/c1-3-23(27)19-5-9-22(10-6-19)31-17-24(28)26-18-25(13-15-29-16-14-25)20-7-11-21(12-8-20)30-4-2/h5-12H,3-4,13-18H2,1-2H3,(H,26,28). The van der Waals surface area contributed by atoms with Crippen LogP contribution < -0.4 is 14.8 Å². The second-order valence-electron chi connectivity index (χ2n) is 7.72. The number of nitrogens with one attached hydrogen (secondary N) is 1. The van der Waals surface area contributed by atoms with E-state index in [1.54, 1.807) is 24.3 Å². The summed E-state index contributed by atoms with van der Waals surface area (Å²) in [6.45, 7) is 6.21. The van der Waals surface area contributed by atoms with Gasteiger partial charge < -0.3 is 19.5 Å². The molecule has 6 heteroatoms. The van der Waals surface area contributed by atoms with E-state index in [0.717, 1.165) is 18.6 Å². The Morgan fingerprint density at radius 3 is 2.16 bits per heavy atom. The van der Waals surface area contributed by atoms with Crippen LogP contribution in [0.1, 0.15) is 49.0 Å². The van der Waals surface area contributed by atoms with E-state index >= 15 is 0 Å². The van der Waals surface area contributed by atoms with Crippen LogP contribution in [0.5, 0.6) is 11.5 Å². The predicted molar refractivity (Wildman–Crippen MR) is 119 cm³/mol. The molecule has 31 heavy (non-hydrogen) atoms. The summed E-state index contributed by atoms with van der Waals surface area (Å²) >= 11 is 0. The molecule has 0 atom stereocenters. The largest absolute Gasteiger partial charge is 0.494 e. The molecule has 0 aromatic heterocycles. The van der Waals surface area contributed by atoms with Crippen molar-refractivity contribution in [2.75, 3.05) is 33.0 Å². The first-order chi connectivity index (χ1) is 15.1. The van der Waals surface area contributed by atoms with Gasteiger partial charge in [0, 0.05) is 37.2 Å². The Morgan fingerprint density at radius 2 is 1.55 bits per heavy atom. The van der Waals surface area contributed by atoms with Crippen LogP contribution in [0, 0.1) is 0 Å². The van der Waals surface area contributed by atoms with E-state index in [2.05, 4.69) is 17.4 Å². The molecule has 0 aliphatic carbocycles. The minimum atomic E-state index is -0.175. The first-order valence-corrected chi connectivity index (χ1v) is 10.9. The Balaban J connectivity index is 1.57. The molecule has 1 heterocycles. The number of carbonyl (C=O) groups is 2. The number of benzene rings is 2. The summed E-state index contributed by atoms with van der Waals surface area (Å²) in [7, 11) is 0. The molecule has 2 aromatic carbocycles. The van der Waals surface area contributed by atoms with Gasteiger partial charge in [-0.1, -0.05) is 19.1 Å². The highest BCUT2D eigenvalue weighted by atomic mass is 16.5. The highest BCUT2D eigenvalue weighted by molar-refractivity contribution is 5.95. The van der Waals surface area contributed by atoms with Crippen LogP contribution in [0.4, 0.5) is 0 Å². The van der Waals surface area contributed by atoms with Gasteiger partial charge in [-0.05, 0) is 61.7 Å². The molecule has 1 fully saturated rings. The zero-order valence-corrected chi connectivity index (χ0v) is 18.3. The molecule has 2 aromatic rings. The van der Waals surface area contributed by atoms with Gasteiger partial charge in [0.1, 0.15) is 11.5 Å². The second kappa shape index (κ2) is 11.0. The maximum Gasteiger partial charge on any atom is 0.257 e. The van der Waals surface area contributed by atoms with E-state index < -0.39 is 0 Å². The average Bonchev–Trinajstić information content (AvgIpc) is 2.82. The Bertz CT molecular complexity index is 854. The lowest BCUT2D eigenvalue weighted by Crippen LogP contribution is -2.45. The van der Waals surface area contributed by atoms with Crippen molar-refractivity contribution < 1.29 is 23.8 Å². The molecule has 1 N–H and O–H groups in total. The fraction of sp³-hybridized carbons (Fsp3) is 0.440. The lowest BCUT2D eigenvalue weighted by atomic mass is 9.74. The molecule has 0 bridgehead atoms. The number of amides is 1. The molecule has 1 saturated heterocycles. The molecule has 0 spiro atoms. The topological polar surface area (TPSA) is 73.9 Å². The van der Waals surface area contributed by atoms with Gasteiger partial charge in [0.15, 0.2) is 12.4 Å². The number of ketones is 1. The fourth-order valence-electron chi connectivity index (χ4n) is 3.81. The Morgan fingerprint density at radius 1 is 0.935 bits per heavy atom. The summed E-state index contributed by atoms with van der Waals surface area (Å²) in [5, 5.41) is 3.04. The van der Waals surface area contributed by atoms with Crippen LogP contribution in [0.25, 0.3) is 0 Å². The molecule has 6 nitrogen and oxygen atoms in total. The fourth-order valence-corrected chi connectivity index (χ4v) is 3.81. The van der Waals surface area contributed by atoms with Gasteiger partial charge in [0.25, 0.3) is 5.91 Å². The van der Waals surface area contributed by atoms with Crippen molar-refractivity contribution in [2.24, 2.45) is 0 Å². The third-order valence-corrected chi connectivity index (χ3v) is 5.72. The third kappa shape index (κ3) is 6.07. The van der Waals surface area contributed by atoms with Crippen molar-refractivity contribution in [1.82, 2.24) is 5.32 Å². The SMILES string of the molecule is CCOc1ccc(C2(CNC(=O)COc3ccc(C(=O)CC)cc3)CCOCC2)cc1. The van der Waals surface area contributed by atoms with Gasteiger partial charge in [0.2, 0.25) is 0 Å². The third-order valence-electron chi connectivity index (χ3n) is 5.72. The van der Waals surface area contributed by atoms with Gasteiger partial charge in [-0.2, -0.15) is 0 Å². The minimum absolute atomic E-state index is 0.0725. The zero-order valence-electron chi connectivity index (χ0n) is 18.3. The Labute approximate surface area is 183 Å². The molecule has 1 aliphatic heterocycles. The van der Waals surface area contributed by atoms with Crippen molar-refractivity contribution in [3.8, 4) is 11.5 Å². The minimum Gasteiger partial charge on any atom is -0.494 e. The molecular weight excluding hydrogens is 394 g/mol. The van der Waals surface area contributed by atoms with Crippen LogP contribution in [0.2, 0.25) is 0 Å². The van der Waals surface area contributed by atoms with E-state index in [0.29, 0.717) is 44.1 Å².